The maximum atomic E-state index is 13.7. The van der Waals surface area contributed by atoms with Crippen LogP contribution in [0.3, 0.4) is 0 Å². The topological polar surface area (TPSA) is 121 Å². The van der Waals surface area contributed by atoms with Crippen molar-refractivity contribution < 1.29 is 14.3 Å². The molecule has 218 valence electrons. The van der Waals surface area contributed by atoms with Gasteiger partial charge in [0.1, 0.15) is 11.3 Å². The number of nitrogens with zero attached hydrogens (tertiary/aromatic N) is 2. The maximum absolute atomic E-state index is 13.7. The first-order valence-corrected chi connectivity index (χ1v) is 14.1. The van der Waals surface area contributed by atoms with Gasteiger partial charge in [0.25, 0.3) is 0 Å². The summed E-state index contributed by atoms with van der Waals surface area (Å²) < 4.78 is 5.74. The highest BCUT2D eigenvalue weighted by Crippen LogP contribution is 2.39. The third-order valence-electron chi connectivity index (χ3n) is 7.52. The summed E-state index contributed by atoms with van der Waals surface area (Å²) >= 11 is 0. The van der Waals surface area contributed by atoms with E-state index < -0.39 is 23.5 Å². The summed E-state index contributed by atoms with van der Waals surface area (Å²) in [4.78, 5) is 27.6. The molecule has 0 saturated heterocycles. The van der Waals surface area contributed by atoms with Crippen molar-refractivity contribution in [3.05, 3.63) is 148 Å². The summed E-state index contributed by atoms with van der Waals surface area (Å²) in [6, 6.07) is 35.9. The van der Waals surface area contributed by atoms with Crippen molar-refractivity contribution in [2.24, 2.45) is 16.8 Å². The van der Waals surface area contributed by atoms with E-state index in [9.17, 15) is 14.7 Å². The van der Waals surface area contributed by atoms with Gasteiger partial charge in [-0.15, -0.1) is 0 Å². The summed E-state index contributed by atoms with van der Waals surface area (Å²) in [6.07, 6.45) is 0. The number of nitrogens with two attached hydrogens (primary N) is 1. The molecule has 0 radical (unpaired) electrons. The first-order valence-electron chi connectivity index (χ1n) is 14.1. The Labute approximate surface area is 250 Å². The molecule has 4 aromatic carbocycles. The van der Waals surface area contributed by atoms with Gasteiger partial charge in [0.05, 0.1) is 10.9 Å². The monoisotopic (exact) mass is 574 g/mol. The molecule has 0 bridgehead atoms. The number of para-hydroxylation sites is 1. The van der Waals surface area contributed by atoms with E-state index in [1.54, 1.807) is 31.2 Å². The van der Waals surface area contributed by atoms with Crippen molar-refractivity contribution in [2.45, 2.75) is 25.9 Å². The number of urea groups is 1. The normalized spacial score (nSPS) is 13.1. The van der Waals surface area contributed by atoms with E-state index in [1.165, 1.54) is 0 Å². The Morgan fingerprint density at radius 1 is 0.860 bits per heavy atom. The Morgan fingerprint density at radius 3 is 1.98 bits per heavy atom. The molecule has 2 atom stereocenters. The van der Waals surface area contributed by atoms with Crippen LogP contribution in [-0.4, -0.2) is 28.3 Å². The van der Waals surface area contributed by atoms with Crippen molar-refractivity contribution in [3.63, 3.8) is 0 Å². The lowest BCUT2D eigenvalue weighted by molar-refractivity contribution is 0.228. The summed E-state index contributed by atoms with van der Waals surface area (Å²) in [5.74, 6) is -1.30. The van der Waals surface area contributed by atoms with E-state index in [0.717, 1.165) is 16.7 Å². The molecule has 0 spiro atoms. The van der Waals surface area contributed by atoms with E-state index >= 15 is 0 Å². The highest BCUT2D eigenvalue weighted by molar-refractivity contribution is 5.89. The minimum Gasteiger partial charge on any atom is -0.507 e. The van der Waals surface area contributed by atoms with Crippen LogP contribution in [0, 0.1) is 5.92 Å². The largest absolute Gasteiger partial charge is 0.507 e. The molecule has 0 aliphatic rings. The zero-order valence-corrected chi connectivity index (χ0v) is 23.9. The van der Waals surface area contributed by atoms with Gasteiger partial charge < -0.3 is 15.3 Å². The van der Waals surface area contributed by atoms with Gasteiger partial charge in [-0.25, -0.2) is 15.0 Å². The third-order valence-corrected chi connectivity index (χ3v) is 7.52. The number of hydrogen-bond acceptors (Lipinski definition) is 6. The Kier molecular flexibility index (Phi) is 9.29. The number of fused-ring (bicyclic) bond motifs is 1. The number of nitrogens with one attached hydrogen (secondary N) is 1. The molecule has 4 N–H and O–H groups in total. The number of carbonyl (C=O) groups is 1. The van der Waals surface area contributed by atoms with Crippen LogP contribution in [0.4, 0.5) is 4.79 Å². The minimum absolute atomic E-state index is 0.128. The number of aromatic hydroxyl groups is 1. The van der Waals surface area contributed by atoms with Gasteiger partial charge in [0, 0.05) is 37.2 Å². The van der Waals surface area contributed by atoms with Crippen molar-refractivity contribution in [3.8, 4) is 5.75 Å². The number of hydrazone groups is 1. The van der Waals surface area contributed by atoms with Crippen LogP contribution in [0.5, 0.6) is 5.75 Å². The van der Waals surface area contributed by atoms with Crippen LogP contribution in [0.1, 0.15) is 35.1 Å². The number of carbonyl (C=O) groups excluding carboxylic acids is 1. The maximum Gasteiger partial charge on any atom is 0.343 e. The number of hydrogen-bond donors (Lipinski definition) is 3. The minimum atomic E-state index is -0.798. The average Bonchev–Trinajstić information content (AvgIpc) is 3.02. The lowest BCUT2D eigenvalue weighted by Crippen LogP contribution is -2.38. The van der Waals surface area contributed by atoms with E-state index in [-0.39, 0.29) is 11.3 Å². The van der Waals surface area contributed by atoms with Gasteiger partial charge in [-0.2, -0.15) is 5.10 Å². The summed E-state index contributed by atoms with van der Waals surface area (Å²) in [6.45, 7) is 3.44. The second-order valence-corrected chi connectivity index (χ2v) is 10.5. The van der Waals surface area contributed by atoms with E-state index in [4.69, 9.17) is 10.2 Å². The first kappa shape index (κ1) is 29.3. The second kappa shape index (κ2) is 13.6. The molecular formula is C35H34N4O4. The molecule has 0 fully saturated rings. The molecule has 2 amide bonds. The fraction of sp³-hybridized carbons (Fsp3) is 0.171. The van der Waals surface area contributed by atoms with Crippen molar-refractivity contribution >= 4 is 22.7 Å². The quantitative estimate of drug-likeness (QED) is 0.102. The van der Waals surface area contributed by atoms with Crippen LogP contribution in [0.25, 0.3) is 11.0 Å². The molecule has 0 aliphatic carbocycles. The Morgan fingerprint density at radius 2 is 1.40 bits per heavy atom. The fourth-order valence-corrected chi connectivity index (χ4v) is 5.53. The Hall–Kier alpha value is -5.21. The van der Waals surface area contributed by atoms with Gasteiger partial charge in [-0.05, 0) is 35.7 Å². The smallest absolute Gasteiger partial charge is 0.343 e. The number of primary amides is 1. The van der Waals surface area contributed by atoms with Crippen molar-refractivity contribution in [1.82, 2.24) is 10.3 Å². The zero-order chi connectivity index (χ0) is 30.2. The lowest BCUT2D eigenvalue weighted by Gasteiger charge is -2.33. The number of benzene rings is 4. The van der Waals surface area contributed by atoms with E-state index in [1.807, 2.05) is 66.7 Å². The lowest BCUT2D eigenvalue weighted by atomic mass is 9.78. The fourth-order valence-electron chi connectivity index (χ4n) is 5.53. The Balaban J connectivity index is 1.67. The van der Waals surface area contributed by atoms with Gasteiger partial charge in [-0.1, -0.05) is 103 Å². The third kappa shape index (κ3) is 7.17. The molecule has 0 unspecified atom stereocenters. The van der Waals surface area contributed by atoms with Gasteiger partial charge in [0.2, 0.25) is 0 Å². The summed E-state index contributed by atoms with van der Waals surface area (Å²) in [7, 11) is 0. The predicted molar refractivity (Wildman–Crippen MR) is 169 cm³/mol. The SMILES string of the molecule is C/C(=N/NC(N)=O)[C@H](CN(Cc1ccccc1)Cc1ccccc1)[C@@H](c1ccccc1)c1c(O)c2ccccc2oc1=O. The predicted octanol–water partition coefficient (Wildman–Crippen LogP) is 5.99. The number of rotatable bonds is 11. The van der Waals surface area contributed by atoms with Crippen molar-refractivity contribution in [1.29, 1.82) is 0 Å². The molecule has 8 nitrogen and oxygen atoms in total. The Bertz CT molecular complexity index is 1710. The van der Waals surface area contributed by atoms with Crippen molar-refractivity contribution in [2.75, 3.05) is 6.54 Å². The average molecular weight is 575 g/mol. The molecule has 1 aromatic heterocycles. The van der Waals surface area contributed by atoms with Crippen LogP contribution >= 0.6 is 0 Å². The highest BCUT2D eigenvalue weighted by Gasteiger charge is 2.35. The van der Waals surface area contributed by atoms with Crippen LogP contribution in [-0.2, 0) is 13.1 Å². The molecular weight excluding hydrogens is 540 g/mol. The molecule has 0 saturated carbocycles. The summed E-state index contributed by atoms with van der Waals surface area (Å²) in [5.41, 5.74) is 11.1. The van der Waals surface area contributed by atoms with E-state index in [0.29, 0.717) is 36.3 Å². The first-order chi connectivity index (χ1) is 20.9. The molecule has 8 heteroatoms. The molecule has 0 aliphatic heterocycles. The molecule has 5 aromatic rings. The molecule has 5 rings (SSSR count). The van der Waals surface area contributed by atoms with Gasteiger partial charge in [0.15, 0.2) is 0 Å². The van der Waals surface area contributed by atoms with Crippen LogP contribution in [0.2, 0.25) is 0 Å². The molecule has 43 heavy (non-hydrogen) atoms. The van der Waals surface area contributed by atoms with E-state index in [2.05, 4.69) is 39.7 Å². The second-order valence-electron chi connectivity index (χ2n) is 10.5. The number of amides is 2. The van der Waals surface area contributed by atoms with Gasteiger partial charge >= 0.3 is 11.7 Å². The summed E-state index contributed by atoms with van der Waals surface area (Å²) in [5, 5.41) is 16.4. The zero-order valence-electron chi connectivity index (χ0n) is 23.9. The van der Waals surface area contributed by atoms with Crippen LogP contribution < -0.4 is 16.8 Å². The highest BCUT2D eigenvalue weighted by atomic mass is 16.4. The van der Waals surface area contributed by atoms with Crippen LogP contribution in [0.15, 0.2) is 130 Å². The molecule has 1 heterocycles. The van der Waals surface area contributed by atoms with Gasteiger partial charge in [-0.3, -0.25) is 4.90 Å². The standard InChI is InChI=1S/C35H34N4O4/c1-24(37-38-35(36)42)29(23-39(21-25-13-5-2-6-14-25)22-26-15-7-3-8-16-26)31(27-17-9-4-10-18-27)32-33(40)28-19-11-12-20-30(28)43-34(32)41/h2-20,29,31,40H,21-23H2,1H3,(H3,36,38,42)/b37-24-/t29-,31+/m0/s1.